The molecule has 4 rings (SSSR count). The fraction of sp³-hybridized carbons (Fsp3) is 0.409. The molecule has 0 N–H and O–H groups in total. The predicted molar refractivity (Wildman–Crippen MR) is 121 cm³/mol. The van der Waals surface area contributed by atoms with Gasteiger partial charge in [-0.05, 0) is 36.8 Å². The molecule has 1 aliphatic heterocycles. The third-order valence-corrected chi connectivity index (χ3v) is 7.27. The van der Waals surface area contributed by atoms with Gasteiger partial charge in [0, 0.05) is 13.7 Å². The summed E-state index contributed by atoms with van der Waals surface area (Å²) in [4.78, 5) is 15.7. The summed E-state index contributed by atoms with van der Waals surface area (Å²) >= 11 is 3.09. The van der Waals surface area contributed by atoms with Crippen molar-refractivity contribution in [1.29, 1.82) is 0 Å². The van der Waals surface area contributed by atoms with E-state index < -0.39 is 0 Å². The molecule has 0 saturated carbocycles. The molecular formula is C22H26N4O2S2. The number of hydrogen-bond donors (Lipinski definition) is 0. The molecule has 0 bridgehead atoms. The number of aromatic nitrogens is 3. The zero-order valence-electron chi connectivity index (χ0n) is 17.2. The van der Waals surface area contributed by atoms with Crippen LogP contribution in [0.2, 0.25) is 0 Å². The first-order chi connectivity index (χ1) is 14.6. The molecule has 158 valence electrons. The highest BCUT2D eigenvalue weighted by atomic mass is 32.2. The molecule has 1 amide bonds. The maximum Gasteiger partial charge on any atom is 0.233 e. The van der Waals surface area contributed by atoms with E-state index in [0.29, 0.717) is 12.3 Å². The number of thioether (sulfide) groups is 1. The van der Waals surface area contributed by atoms with Crippen LogP contribution < -0.4 is 0 Å². The van der Waals surface area contributed by atoms with Gasteiger partial charge in [0.05, 0.1) is 29.3 Å². The number of amides is 1. The van der Waals surface area contributed by atoms with Crippen LogP contribution in [0.15, 0.2) is 53.0 Å². The molecule has 0 radical (unpaired) electrons. The Balaban J connectivity index is 1.46. The third-order valence-electron chi connectivity index (χ3n) is 5.45. The summed E-state index contributed by atoms with van der Waals surface area (Å²) in [6, 6.07) is 14.2. The van der Waals surface area contributed by atoms with Crippen molar-refractivity contribution in [3.8, 4) is 10.7 Å². The molecule has 0 aliphatic carbocycles. The molecule has 6 nitrogen and oxygen atoms in total. The summed E-state index contributed by atoms with van der Waals surface area (Å²) in [6.07, 6.45) is 2.31. The van der Waals surface area contributed by atoms with Gasteiger partial charge >= 0.3 is 0 Å². The van der Waals surface area contributed by atoms with E-state index in [1.807, 2.05) is 55.7 Å². The van der Waals surface area contributed by atoms with Crippen LogP contribution >= 0.6 is 23.1 Å². The molecule has 1 fully saturated rings. The SMILES string of the molecule is C[C@@H](c1ccccc1)N(C)C(=O)CSc1nnc(-c2cccs2)n1C[C@H]1CCCO1. The Bertz CT molecular complexity index is 953. The van der Waals surface area contributed by atoms with E-state index in [9.17, 15) is 4.79 Å². The Morgan fingerprint density at radius 1 is 1.30 bits per heavy atom. The van der Waals surface area contributed by atoms with Crippen molar-refractivity contribution < 1.29 is 9.53 Å². The Labute approximate surface area is 185 Å². The van der Waals surface area contributed by atoms with Crippen molar-refractivity contribution in [3.63, 3.8) is 0 Å². The molecule has 0 spiro atoms. The first-order valence-electron chi connectivity index (χ1n) is 10.2. The van der Waals surface area contributed by atoms with Crippen molar-refractivity contribution in [3.05, 3.63) is 53.4 Å². The van der Waals surface area contributed by atoms with Crippen LogP contribution in [0.1, 0.15) is 31.4 Å². The van der Waals surface area contributed by atoms with Crippen LogP contribution in [0, 0.1) is 0 Å². The zero-order valence-corrected chi connectivity index (χ0v) is 18.9. The molecule has 3 aromatic rings. The van der Waals surface area contributed by atoms with E-state index in [-0.39, 0.29) is 18.1 Å². The van der Waals surface area contributed by atoms with Gasteiger partial charge in [0.25, 0.3) is 0 Å². The monoisotopic (exact) mass is 442 g/mol. The van der Waals surface area contributed by atoms with Crippen LogP contribution in [0.25, 0.3) is 10.7 Å². The second-order valence-electron chi connectivity index (χ2n) is 7.41. The number of thiophene rings is 1. The predicted octanol–water partition coefficient (Wildman–Crippen LogP) is 4.50. The molecule has 2 aromatic heterocycles. The number of carbonyl (C=O) groups is 1. The van der Waals surface area contributed by atoms with Crippen LogP contribution in [0.3, 0.4) is 0 Å². The van der Waals surface area contributed by atoms with Gasteiger partial charge in [0.1, 0.15) is 0 Å². The Kier molecular flexibility index (Phi) is 6.86. The number of benzene rings is 1. The largest absolute Gasteiger partial charge is 0.376 e. The van der Waals surface area contributed by atoms with Crippen molar-refractivity contribution in [1.82, 2.24) is 19.7 Å². The van der Waals surface area contributed by atoms with Gasteiger partial charge in [0.15, 0.2) is 11.0 Å². The lowest BCUT2D eigenvalue weighted by Gasteiger charge is -2.25. The smallest absolute Gasteiger partial charge is 0.233 e. The van der Waals surface area contributed by atoms with Gasteiger partial charge in [-0.15, -0.1) is 21.5 Å². The number of ether oxygens (including phenoxy) is 1. The average Bonchev–Trinajstić information content (AvgIpc) is 3.54. The lowest BCUT2D eigenvalue weighted by atomic mass is 10.1. The second-order valence-corrected chi connectivity index (χ2v) is 9.30. The number of nitrogens with zero attached hydrogens (tertiary/aromatic N) is 4. The van der Waals surface area contributed by atoms with Crippen LogP contribution in [0.5, 0.6) is 0 Å². The highest BCUT2D eigenvalue weighted by molar-refractivity contribution is 7.99. The molecule has 0 unspecified atom stereocenters. The van der Waals surface area contributed by atoms with Crippen LogP contribution in [-0.4, -0.2) is 51.1 Å². The summed E-state index contributed by atoms with van der Waals surface area (Å²) in [5, 5.41) is 11.6. The number of rotatable bonds is 8. The van der Waals surface area contributed by atoms with E-state index in [1.165, 1.54) is 11.8 Å². The van der Waals surface area contributed by atoms with Gasteiger partial charge in [-0.1, -0.05) is 48.2 Å². The lowest BCUT2D eigenvalue weighted by Crippen LogP contribution is -2.31. The maximum absolute atomic E-state index is 12.8. The summed E-state index contributed by atoms with van der Waals surface area (Å²) in [5.41, 5.74) is 1.12. The fourth-order valence-electron chi connectivity index (χ4n) is 3.54. The van der Waals surface area contributed by atoms with Gasteiger partial charge in [-0.2, -0.15) is 0 Å². The Morgan fingerprint density at radius 2 is 2.13 bits per heavy atom. The fourth-order valence-corrected chi connectivity index (χ4v) is 5.13. The number of carbonyl (C=O) groups excluding carboxylic acids is 1. The summed E-state index contributed by atoms with van der Waals surface area (Å²) in [6.45, 7) is 3.57. The minimum absolute atomic E-state index is 0.0192. The standard InChI is InChI=1S/C22H26N4O2S2/c1-16(17-8-4-3-5-9-17)25(2)20(27)15-30-22-24-23-21(19-11-7-13-29-19)26(22)14-18-10-6-12-28-18/h3-5,7-9,11,13,16,18H,6,10,12,14-15H2,1-2H3/t16-,18+/m0/s1. The topological polar surface area (TPSA) is 60.2 Å². The van der Waals surface area contributed by atoms with E-state index in [0.717, 1.165) is 40.9 Å². The first-order valence-corrected chi connectivity index (χ1v) is 12.0. The summed E-state index contributed by atoms with van der Waals surface area (Å²) in [7, 11) is 1.86. The molecule has 3 heterocycles. The second kappa shape index (κ2) is 9.76. The number of hydrogen-bond acceptors (Lipinski definition) is 6. The van der Waals surface area contributed by atoms with Crippen molar-refractivity contribution in [2.75, 3.05) is 19.4 Å². The molecule has 30 heavy (non-hydrogen) atoms. The molecule has 2 atom stereocenters. The summed E-state index contributed by atoms with van der Waals surface area (Å²) in [5.74, 6) is 1.24. The van der Waals surface area contributed by atoms with Crippen LogP contribution in [0.4, 0.5) is 0 Å². The van der Waals surface area contributed by atoms with Crippen molar-refractivity contribution in [2.45, 2.75) is 43.6 Å². The zero-order chi connectivity index (χ0) is 20.9. The minimum atomic E-state index is 0.0192. The Morgan fingerprint density at radius 3 is 2.83 bits per heavy atom. The maximum atomic E-state index is 12.8. The highest BCUT2D eigenvalue weighted by Crippen LogP contribution is 2.29. The molecule has 1 aromatic carbocycles. The van der Waals surface area contributed by atoms with Crippen LogP contribution in [-0.2, 0) is 16.1 Å². The van der Waals surface area contributed by atoms with Crippen molar-refractivity contribution in [2.24, 2.45) is 0 Å². The van der Waals surface area contributed by atoms with Gasteiger partial charge < -0.3 is 9.64 Å². The van der Waals surface area contributed by atoms with Crippen molar-refractivity contribution >= 4 is 29.0 Å². The lowest BCUT2D eigenvalue weighted by molar-refractivity contribution is -0.128. The third kappa shape index (κ3) is 4.77. The minimum Gasteiger partial charge on any atom is -0.376 e. The van der Waals surface area contributed by atoms with Gasteiger partial charge in [-0.3, -0.25) is 9.36 Å². The van der Waals surface area contributed by atoms with Gasteiger partial charge in [0.2, 0.25) is 5.91 Å². The molecule has 1 aliphatic rings. The first kappa shape index (κ1) is 21.1. The Hall–Kier alpha value is -2.16. The normalized spacial score (nSPS) is 17.2. The van der Waals surface area contributed by atoms with E-state index in [2.05, 4.69) is 20.8 Å². The average molecular weight is 443 g/mol. The quantitative estimate of drug-likeness (QED) is 0.481. The molecule has 8 heteroatoms. The molecular weight excluding hydrogens is 416 g/mol. The van der Waals surface area contributed by atoms with E-state index in [1.54, 1.807) is 16.2 Å². The van der Waals surface area contributed by atoms with E-state index in [4.69, 9.17) is 4.74 Å². The van der Waals surface area contributed by atoms with E-state index >= 15 is 0 Å². The van der Waals surface area contributed by atoms with Gasteiger partial charge in [-0.25, -0.2) is 0 Å². The highest BCUT2D eigenvalue weighted by Gasteiger charge is 2.24. The molecule has 1 saturated heterocycles. The summed E-state index contributed by atoms with van der Waals surface area (Å²) < 4.78 is 7.95.